The molecule has 5 nitrogen and oxygen atoms in total. The molecule has 25 heavy (non-hydrogen) atoms. The smallest absolute Gasteiger partial charge is 0.243 e. The largest absolute Gasteiger partial charge is 0.354 e. The summed E-state index contributed by atoms with van der Waals surface area (Å²) in [6, 6.07) is 11.1. The summed E-state index contributed by atoms with van der Waals surface area (Å²) in [6.45, 7) is 8.61. The lowest BCUT2D eigenvalue weighted by atomic mass is 9.82. The molecule has 1 N–H and O–H groups in total. The number of amides is 1. The second-order valence-corrected chi connectivity index (χ2v) is 7.46. The Morgan fingerprint density at radius 1 is 1.32 bits per heavy atom. The monoisotopic (exact) mass is 344 g/mol. The minimum atomic E-state index is 0.0234. The van der Waals surface area contributed by atoms with Crippen LogP contribution in [0.3, 0.4) is 0 Å². The van der Waals surface area contributed by atoms with Crippen LogP contribution < -0.4 is 5.32 Å². The number of hydrogen-bond acceptors (Lipinski definition) is 2. The molecular formula is C20H32N4O. The van der Waals surface area contributed by atoms with Gasteiger partial charge in [-0.25, -0.2) is 4.99 Å². The van der Waals surface area contributed by atoms with Crippen molar-refractivity contribution in [2.45, 2.75) is 39.2 Å². The van der Waals surface area contributed by atoms with Crippen LogP contribution in [0.5, 0.6) is 0 Å². The first kappa shape index (κ1) is 19.3. The molecule has 1 amide bonds. The molecule has 0 aliphatic carbocycles. The number of carbonyl (C=O) groups excluding carboxylic acids is 1. The summed E-state index contributed by atoms with van der Waals surface area (Å²) in [4.78, 5) is 20.4. The van der Waals surface area contributed by atoms with E-state index in [0.717, 1.165) is 25.5 Å². The SMILES string of the molecule is CC(C)NC(=NCC(=O)N(C)C)N1CCC(c2ccccc2)C(C)C1. The number of nitrogens with zero attached hydrogens (tertiary/aromatic N) is 3. The molecule has 0 aromatic heterocycles. The van der Waals surface area contributed by atoms with Gasteiger partial charge in [-0.2, -0.15) is 0 Å². The molecule has 2 atom stereocenters. The van der Waals surface area contributed by atoms with Crippen molar-refractivity contribution in [1.29, 1.82) is 0 Å². The van der Waals surface area contributed by atoms with Crippen molar-refractivity contribution >= 4 is 11.9 Å². The molecule has 0 spiro atoms. The minimum Gasteiger partial charge on any atom is -0.354 e. The van der Waals surface area contributed by atoms with Crippen LogP contribution in [0.1, 0.15) is 38.7 Å². The Morgan fingerprint density at radius 3 is 2.56 bits per heavy atom. The van der Waals surface area contributed by atoms with E-state index >= 15 is 0 Å². The molecule has 0 bridgehead atoms. The first-order chi connectivity index (χ1) is 11.9. The van der Waals surface area contributed by atoms with E-state index in [1.165, 1.54) is 5.56 Å². The van der Waals surface area contributed by atoms with E-state index in [9.17, 15) is 4.79 Å². The molecule has 1 heterocycles. The summed E-state index contributed by atoms with van der Waals surface area (Å²) >= 11 is 0. The fourth-order valence-corrected chi connectivity index (χ4v) is 3.31. The maximum atomic E-state index is 11.9. The Hall–Kier alpha value is -2.04. The topological polar surface area (TPSA) is 47.9 Å². The molecule has 0 radical (unpaired) electrons. The number of likely N-dealkylation sites (N-methyl/N-ethyl adjacent to an activating group) is 1. The third kappa shape index (κ3) is 5.48. The van der Waals surface area contributed by atoms with Gasteiger partial charge in [0.15, 0.2) is 5.96 Å². The number of likely N-dealkylation sites (tertiary alicyclic amines) is 1. The van der Waals surface area contributed by atoms with Crippen LogP contribution in [-0.2, 0) is 4.79 Å². The second kappa shape index (κ2) is 8.88. The van der Waals surface area contributed by atoms with E-state index in [0.29, 0.717) is 11.8 Å². The van der Waals surface area contributed by atoms with Gasteiger partial charge in [0.25, 0.3) is 0 Å². The number of guanidine groups is 1. The third-order valence-electron chi connectivity index (χ3n) is 4.71. The lowest BCUT2D eigenvalue weighted by Crippen LogP contribution is -2.50. The van der Waals surface area contributed by atoms with Crippen molar-refractivity contribution in [3.8, 4) is 0 Å². The highest BCUT2D eigenvalue weighted by molar-refractivity contribution is 5.85. The van der Waals surface area contributed by atoms with Gasteiger partial charge in [-0.3, -0.25) is 4.79 Å². The molecule has 2 rings (SSSR count). The van der Waals surface area contributed by atoms with Crippen LogP contribution in [0.15, 0.2) is 35.3 Å². The summed E-state index contributed by atoms with van der Waals surface area (Å²) in [6.07, 6.45) is 1.10. The molecule has 1 saturated heterocycles. The molecule has 1 aromatic carbocycles. The van der Waals surface area contributed by atoms with Gasteiger partial charge >= 0.3 is 0 Å². The van der Waals surface area contributed by atoms with Crippen LogP contribution in [-0.4, -0.2) is 61.4 Å². The number of carbonyl (C=O) groups is 1. The zero-order chi connectivity index (χ0) is 18.4. The average Bonchev–Trinajstić information content (AvgIpc) is 2.58. The summed E-state index contributed by atoms with van der Waals surface area (Å²) in [5, 5.41) is 3.42. The Kier molecular flexibility index (Phi) is 6.85. The average molecular weight is 345 g/mol. The van der Waals surface area contributed by atoms with Gasteiger partial charge in [-0.15, -0.1) is 0 Å². The van der Waals surface area contributed by atoms with Gasteiger partial charge < -0.3 is 15.1 Å². The highest BCUT2D eigenvalue weighted by Crippen LogP contribution is 2.32. The molecule has 138 valence electrons. The highest BCUT2D eigenvalue weighted by Gasteiger charge is 2.29. The number of benzene rings is 1. The Morgan fingerprint density at radius 2 is 2.00 bits per heavy atom. The summed E-state index contributed by atoms with van der Waals surface area (Å²) in [7, 11) is 3.53. The zero-order valence-electron chi connectivity index (χ0n) is 16.2. The van der Waals surface area contributed by atoms with Crippen molar-refractivity contribution in [2.24, 2.45) is 10.9 Å². The van der Waals surface area contributed by atoms with Crippen LogP contribution in [0.25, 0.3) is 0 Å². The summed E-state index contributed by atoms with van der Waals surface area (Å²) < 4.78 is 0. The van der Waals surface area contributed by atoms with Gasteiger partial charge in [-0.1, -0.05) is 37.3 Å². The quantitative estimate of drug-likeness (QED) is 0.674. The molecule has 1 aliphatic heterocycles. The molecule has 5 heteroatoms. The van der Waals surface area contributed by atoms with E-state index in [2.05, 4.69) is 66.3 Å². The fourth-order valence-electron chi connectivity index (χ4n) is 3.31. The van der Waals surface area contributed by atoms with Crippen molar-refractivity contribution in [1.82, 2.24) is 15.1 Å². The van der Waals surface area contributed by atoms with Crippen molar-refractivity contribution < 1.29 is 4.79 Å². The Balaban J connectivity index is 2.07. The Labute approximate surface area is 152 Å². The van der Waals surface area contributed by atoms with Crippen LogP contribution in [0.2, 0.25) is 0 Å². The minimum absolute atomic E-state index is 0.0234. The van der Waals surface area contributed by atoms with E-state index in [1.54, 1.807) is 19.0 Å². The number of rotatable bonds is 4. The maximum Gasteiger partial charge on any atom is 0.243 e. The van der Waals surface area contributed by atoms with Gasteiger partial charge in [0, 0.05) is 33.2 Å². The summed E-state index contributed by atoms with van der Waals surface area (Å²) in [5.41, 5.74) is 1.42. The fraction of sp³-hybridized carbons (Fsp3) is 0.600. The molecular weight excluding hydrogens is 312 g/mol. The number of piperidine rings is 1. The maximum absolute atomic E-state index is 11.9. The highest BCUT2D eigenvalue weighted by atomic mass is 16.2. The number of aliphatic imine (C=N–C) groups is 1. The van der Waals surface area contributed by atoms with Gasteiger partial charge in [0.2, 0.25) is 5.91 Å². The zero-order valence-corrected chi connectivity index (χ0v) is 16.2. The normalized spacial score (nSPS) is 21.4. The van der Waals surface area contributed by atoms with E-state index in [-0.39, 0.29) is 18.5 Å². The third-order valence-corrected chi connectivity index (χ3v) is 4.71. The predicted octanol–water partition coefficient (Wildman–Crippen LogP) is 2.55. The van der Waals surface area contributed by atoms with Crippen LogP contribution in [0.4, 0.5) is 0 Å². The number of nitrogens with one attached hydrogen (secondary N) is 1. The second-order valence-electron chi connectivity index (χ2n) is 7.46. The van der Waals surface area contributed by atoms with Crippen molar-refractivity contribution in [2.75, 3.05) is 33.7 Å². The molecule has 1 fully saturated rings. The Bertz CT molecular complexity index is 583. The van der Waals surface area contributed by atoms with Crippen LogP contribution in [0, 0.1) is 5.92 Å². The van der Waals surface area contributed by atoms with E-state index in [4.69, 9.17) is 0 Å². The van der Waals surface area contributed by atoms with Crippen molar-refractivity contribution in [3.05, 3.63) is 35.9 Å². The van der Waals surface area contributed by atoms with E-state index in [1.807, 2.05) is 0 Å². The lowest BCUT2D eigenvalue weighted by molar-refractivity contribution is -0.127. The first-order valence-electron chi connectivity index (χ1n) is 9.19. The van der Waals surface area contributed by atoms with Gasteiger partial charge in [0.1, 0.15) is 6.54 Å². The number of hydrogen-bond donors (Lipinski definition) is 1. The van der Waals surface area contributed by atoms with E-state index < -0.39 is 0 Å². The van der Waals surface area contributed by atoms with Crippen molar-refractivity contribution in [3.63, 3.8) is 0 Å². The predicted molar refractivity (Wildman–Crippen MR) is 104 cm³/mol. The van der Waals surface area contributed by atoms with Crippen LogP contribution >= 0.6 is 0 Å². The molecule has 1 aromatic rings. The molecule has 2 unspecified atom stereocenters. The molecule has 1 aliphatic rings. The first-order valence-corrected chi connectivity index (χ1v) is 9.19. The van der Waals surface area contributed by atoms with Gasteiger partial charge in [0.05, 0.1) is 0 Å². The van der Waals surface area contributed by atoms with Gasteiger partial charge in [-0.05, 0) is 37.7 Å². The summed E-state index contributed by atoms with van der Waals surface area (Å²) in [5.74, 6) is 2.00. The standard InChI is InChI=1S/C20H32N4O/c1-15(2)22-20(21-13-19(25)23(4)5)24-12-11-18(16(3)14-24)17-9-7-6-8-10-17/h6-10,15-16,18H,11-14H2,1-5H3,(H,21,22). The molecule has 0 saturated carbocycles. The lowest BCUT2D eigenvalue weighted by Gasteiger charge is -2.39.